The van der Waals surface area contributed by atoms with Gasteiger partial charge in [-0.25, -0.2) is 0 Å². The largest absolute Gasteiger partial charge is 0.468 e. The molecule has 2 aliphatic rings. The summed E-state index contributed by atoms with van der Waals surface area (Å²) in [5.74, 6) is -0.309. The number of ether oxygens (including phenoxy) is 1. The molecule has 0 aromatic rings. The summed E-state index contributed by atoms with van der Waals surface area (Å²) in [5, 5.41) is 0. The van der Waals surface area contributed by atoms with Gasteiger partial charge >= 0.3 is 5.97 Å². The van der Waals surface area contributed by atoms with Crippen LogP contribution in [0, 0.1) is 0 Å². The highest BCUT2D eigenvalue weighted by Crippen LogP contribution is 2.20. The molecule has 0 bridgehead atoms. The molecule has 2 rings (SSSR count). The molecule has 0 spiro atoms. The minimum absolute atomic E-state index is 0.309. The number of piperidine rings is 1. The van der Waals surface area contributed by atoms with Gasteiger partial charge in [0.1, 0.15) is 6.04 Å². The van der Waals surface area contributed by atoms with E-state index in [1.165, 1.54) is 45.9 Å². The molecule has 5 heteroatoms. The Kier molecular flexibility index (Phi) is 4.97. The van der Waals surface area contributed by atoms with Crippen LogP contribution in [0.5, 0.6) is 0 Å². The molecule has 0 radical (unpaired) electrons. The lowest BCUT2D eigenvalue weighted by atomic mass is 10.1. The van der Waals surface area contributed by atoms with Crippen LogP contribution in [-0.4, -0.2) is 67.7 Å². The summed E-state index contributed by atoms with van der Waals surface area (Å²) in [4.78, 5) is 16.2. The predicted molar refractivity (Wildman–Crippen MR) is 70.3 cm³/mol. The molecule has 104 valence electrons. The smallest absolute Gasteiger partial charge is 0.323 e. The molecule has 0 aromatic carbocycles. The normalized spacial score (nSPS) is 28.2. The van der Waals surface area contributed by atoms with E-state index in [4.69, 9.17) is 5.73 Å². The summed E-state index contributed by atoms with van der Waals surface area (Å²) in [7, 11) is 1.39. The number of rotatable bonds is 4. The molecular formula is C13H25N3O2. The Morgan fingerprint density at radius 2 is 2.06 bits per heavy atom. The van der Waals surface area contributed by atoms with E-state index < -0.39 is 6.04 Å². The fourth-order valence-electron chi connectivity index (χ4n) is 3.06. The molecule has 0 aromatic heterocycles. The first kappa shape index (κ1) is 13.8. The van der Waals surface area contributed by atoms with Crippen LogP contribution in [0.15, 0.2) is 0 Å². The Morgan fingerprint density at radius 1 is 1.33 bits per heavy atom. The highest BCUT2D eigenvalue weighted by Gasteiger charge is 2.30. The van der Waals surface area contributed by atoms with Crippen LogP contribution in [0.25, 0.3) is 0 Å². The van der Waals surface area contributed by atoms with Crippen molar-refractivity contribution in [2.75, 3.05) is 39.8 Å². The van der Waals surface area contributed by atoms with Gasteiger partial charge in [-0.2, -0.15) is 0 Å². The molecule has 0 amide bonds. The maximum Gasteiger partial charge on any atom is 0.323 e. The number of esters is 1. The van der Waals surface area contributed by atoms with E-state index in [1.807, 2.05) is 0 Å². The lowest BCUT2D eigenvalue weighted by Gasteiger charge is -2.32. The molecular weight excluding hydrogens is 230 g/mol. The van der Waals surface area contributed by atoms with Crippen molar-refractivity contribution in [3.05, 3.63) is 0 Å². The summed E-state index contributed by atoms with van der Waals surface area (Å²) in [6, 6.07) is 0.158. The van der Waals surface area contributed by atoms with E-state index in [1.54, 1.807) is 0 Å². The summed E-state index contributed by atoms with van der Waals surface area (Å²) in [5.41, 5.74) is 5.80. The lowest BCUT2D eigenvalue weighted by molar-refractivity contribution is -0.142. The molecule has 2 saturated heterocycles. The Balaban J connectivity index is 1.75. The molecule has 2 heterocycles. The van der Waals surface area contributed by atoms with Crippen molar-refractivity contribution in [2.45, 2.75) is 37.8 Å². The number of carbonyl (C=O) groups excluding carboxylic acids is 1. The van der Waals surface area contributed by atoms with Crippen molar-refractivity contribution in [1.82, 2.24) is 9.80 Å². The summed E-state index contributed by atoms with van der Waals surface area (Å²) in [6.07, 6.45) is 5.24. The van der Waals surface area contributed by atoms with Gasteiger partial charge < -0.3 is 10.5 Å². The first-order valence-electron chi connectivity index (χ1n) is 7.00. The average molecular weight is 255 g/mol. The van der Waals surface area contributed by atoms with Crippen molar-refractivity contribution in [2.24, 2.45) is 5.73 Å². The standard InChI is InChI=1S/C13H25N3O2/c1-18-13(17)12(14)10-15-8-5-11(9-15)16-6-3-2-4-7-16/h11-12H,2-10,14H2,1H3. The minimum atomic E-state index is -0.505. The Labute approximate surface area is 109 Å². The lowest BCUT2D eigenvalue weighted by Crippen LogP contribution is -2.45. The van der Waals surface area contributed by atoms with Crippen LogP contribution in [0.2, 0.25) is 0 Å². The summed E-state index contributed by atoms with van der Waals surface area (Å²) >= 11 is 0. The Morgan fingerprint density at radius 3 is 2.72 bits per heavy atom. The summed E-state index contributed by atoms with van der Waals surface area (Å²) < 4.78 is 4.66. The minimum Gasteiger partial charge on any atom is -0.468 e. The zero-order chi connectivity index (χ0) is 13.0. The first-order valence-corrected chi connectivity index (χ1v) is 7.00. The van der Waals surface area contributed by atoms with Crippen LogP contribution >= 0.6 is 0 Å². The molecule has 0 saturated carbocycles. The molecule has 2 atom stereocenters. The fraction of sp³-hybridized carbons (Fsp3) is 0.923. The van der Waals surface area contributed by atoms with Crippen molar-refractivity contribution >= 4 is 5.97 Å². The second-order valence-corrected chi connectivity index (χ2v) is 5.43. The Bertz CT molecular complexity index is 279. The van der Waals surface area contributed by atoms with Crippen molar-refractivity contribution in [1.29, 1.82) is 0 Å². The van der Waals surface area contributed by atoms with Gasteiger partial charge in [0.05, 0.1) is 7.11 Å². The maximum absolute atomic E-state index is 11.3. The van der Waals surface area contributed by atoms with Gasteiger partial charge in [-0.1, -0.05) is 6.42 Å². The number of hydrogen-bond donors (Lipinski definition) is 1. The highest BCUT2D eigenvalue weighted by atomic mass is 16.5. The van der Waals surface area contributed by atoms with Gasteiger partial charge in [-0.3, -0.25) is 14.6 Å². The van der Waals surface area contributed by atoms with E-state index in [-0.39, 0.29) is 5.97 Å². The maximum atomic E-state index is 11.3. The Hall–Kier alpha value is -0.650. The second kappa shape index (κ2) is 6.50. The topological polar surface area (TPSA) is 58.8 Å². The third-order valence-electron chi connectivity index (χ3n) is 4.11. The van der Waals surface area contributed by atoms with E-state index in [0.717, 1.165) is 13.1 Å². The predicted octanol–water partition coefficient (Wildman–Crippen LogP) is 0.0469. The number of nitrogens with zero attached hydrogens (tertiary/aromatic N) is 2. The molecule has 2 fully saturated rings. The molecule has 0 aliphatic carbocycles. The van der Waals surface area contributed by atoms with Crippen molar-refractivity contribution < 1.29 is 9.53 Å². The van der Waals surface area contributed by atoms with E-state index in [2.05, 4.69) is 14.5 Å². The van der Waals surface area contributed by atoms with Gasteiger partial charge in [0.15, 0.2) is 0 Å². The van der Waals surface area contributed by atoms with Crippen LogP contribution < -0.4 is 5.73 Å². The van der Waals surface area contributed by atoms with Crippen LogP contribution in [0.3, 0.4) is 0 Å². The quantitative estimate of drug-likeness (QED) is 0.719. The van der Waals surface area contributed by atoms with Crippen molar-refractivity contribution in [3.8, 4) is 0 Å². The molecule has 18 heavy (non-hydrogen) atoms. The number of carbonyl (C=O) groups is 1. The van der Waals surface area contributed by atoms with Gasteiger partial charge in [-0.15, -0.1) is 0 Å². The van der Waals surface area contributed by atoms with E-state index >= 15 is 0 Å². The van der Waals surface area contributed by atoms with Gasteiger partial charge in [0.2, 0.25) is 0 Å². The third kappa shape index (κ3) is 3.43. The van der Waals surface area contributed by atoms with Crippen LogP contribution in [0.4, 0.5) is 0 Å². The van der Waals surface area contributed by atoms with Gasteiger partial charge in [0, 0.05) is 19.1 Å². The number of nitrogens with two attached hydrogens (primary N) is 1. The fourth-order valence-corrected chi connectivity index (χ4v) is 3.06. The number of hydrogen-bond acceptors (Lipinski definition) is 5. The van der Waals surface area contributed by atoms with E-state index in [9.17, 15) is 4.79 Å². The SMILES string of the molecule is COC(=O)C(N)CN1CCC(N2CCCCC2)C1. The molecule has 2 unspecified atom stereocenters. The average Bonchev–Trinajstić information content (AvgIpc) is 2.87. The van der Waals surface area contributed by atoms with Gasteiger partial charge in [0.25, 0.3) is 0 Å². The second-order valence-electron chi connectivity index (χ2n) is 5.43. The summed E-state index contributed by atoms with van der Waals surface area (Å²) in [6.45, 7) is 5.19. The zero-order valence-corrected chi connectivity index (χ0v) is 11.3. The molecule has 2 aliphatic heterocycles. The van der Waals surface area contributed by atoms with Crippen LogP contribution in [-0.2, 0) is 9.53 Å². The van der Waals surface area contributed by atoms with Crippen molar-refractivity contribution in [3.63, 3.8) is 0 Å². The molecule has 5 nitrogen and oxygen atoms in total. The number of methoxy groups -OCH3 is 1. The third-order valence-corrected chi connectivity index (χ3v) is 4.11. The zero-order valence-electron chi connectivity index (χ0n) is 11.3. The van der Waals surface area contributed by atoms with Crippen LogP contribution in [0.1, 0.15) is 25.7 Å². The van der Waals surface area contributed by atoms with Gasteiger partial charge in [-0.05, 0) is 38.9 Å². The first-order chi connectivity index (χ1) is 8.70. The highest BCUT2D eigenvalue weighted by molar-refractivity contribution is 5.75. The monoisotopic (exact) mass is 255 g/mol. The van der Waals surface area contributed by atoms with E-state index in [0.29, 0.717) is 12.6 Å². The number of likely N-dealkylation sites (tertiary alicyclic amines) is 2. The molecule has 2 N–H and O–H groups in total.